The fraction of sp³-hybridized carbons (Fsp3) is 0.765. The molecule has 1 aromatic heterocycles. The Labute approximate surface area is 268 Å². The number of ether oxygens (including phenoxy) is 1. The van der Waals surface area contributed by atoms with E-state index in [2.05, 4.69) is 55.0 Å². The Bertz CT molecular complexity index is 1230. The first-order valence-corrected chi connectivity index (χ1v) is 17.9. The SMILES string of the molecule is CC[C@@H](NC(=O)C[C@@H](C)C1CC[C@H]2[C@@H]3[C@H](OC(=O)CCC(=O)O)C[C@@H]4CC(=O)CC[C@]4(C)[C@H]3CC[C@]12C)c1ccc(Br)s1. The van der Waals surface area contributed by atoms with E-state index in [1.165, 1.54) is 4.88 Å². The van der Waals surface area contributed by atoms with Crippen molar-refractivity contribution >= 4 is 50.9 Å². The van der Waals surface area contributed by atoms with Gasteiger partial charge >= 0.3 is 11.9 Å². The van der Waals surface area contributed by atoms with E-state index < -0.39 is 11.9 Å². The average molecular weight is 679 g/mol. The van der Waals surface area contributed by atoms with Crippen molar-refractivity contribution in [2.75, 3.05) is 0 Å². The van der Waals surface area contributed by atoms with Crippen molar-refractivity contribution in [2.45, 2.75) is 117 Å². The van der Waals surface area contributed by atoms with Crippen LogP contribution in [-0.4, -0.2) is 34.8 Å². The summed E-state index contributed by atoms with van der Waals surface area (Å²) in [5.74, 6) is 0.769. The van der Waals surface area contributed by atoms with Crippen molar-refractivity contribution in [3.63, 3.8) is 0 Å². The first kappa shape index (κ1) is 32.6. The second kappa shape index (κ2) is 12.9. The van der Waals surface area contributed by atoms with Gasteiger partial charge in [0.15, 0.2) is 0 Å². The summed E-state index contributed by atoms with van der Waals surface area (Å²) in [7, 11) is 0. The van der Waals surface area contributed by atoms with Gasteiger partial charge in [0.25, 0.3) is 0 Å². The maximum Gasteiger partial charge on any atom is 0.306 e. The molecule has 4 saturated carbocycles. The van der Waals surface area contributed by atoms with E-state index in [1.54, 1.807) is 11.3 Å². The molecule has 43 heavy (non-hydrogen) atoms. The van der Waals surface area contributed by atoms with Crippen LogP contribution in [0.4, 0.5) is 0 Å². The van der Waals surface area contributed by atoms with Gasteiger partial charge in [0.1, 0.15) is 11.9 Å². The number of amides is 1. The number of ketones is 1. The Balaban J connectivity index is 1.33. The Morgan fingerprint density at radius 3 is 2.53 bits per heavy atom. The molecule has 5 rings (SSSR count). The van der Waals surface area contributed by atoms with Crippen LogP contribution in [0.1, 0.15) is 116 Å². The van der Waals surface area contributed by atoms with Crippen LogP contribution in [0, 0.1) is 46.3 Å². The number of hydrogen-bond acceptors (Lipinski definition) is 6. The topological polar surface area (TPSA) is 110 Å². The Hall–Kier alpha value is -1.74. The predicted molar refractivity (Wildman–Crippen MR) is 169 cm³/mol. The molecule has 4 aliphatic carbocycles. The third-order valence-electron chi connectivity index (χ3n) is 12.2. The molecule has 1 amide bonds. The molecule has 0 aromatic carbocycles. The van der Waals surface area contributed by atoms with Gasteiger partial charge in [0.2, 0.25) is 5.91 Å². The van der Waals surface area contributed by atoms with Gasteiger partial charge in [-0.15, -0.1) is 11.3 Å². The van der Waals surface area contributed by atoms with Crippen molar-refractivity contribution in [1.29, 1.82) is 0 Å². The van der Waals surface area contributed by atoms with Gasteiger partial charge in [-0.05, 0) is 113 Å². The van der Waals surface area contributed by atoms with E-state index in [1.807, 2.05) is 6.07 Å². The molecule has 0 radical (unpaired) electrons. The molecule has 0 aliphatic heterocycles. The summed E-state index contributed by atoms with van der Waals surface area (Å²) in [5, 5.41) is 12.4. The second-order valence-electron chi connectivity index (χ2n) is 14.5. The maximum atomic E-state index is 13.3. The highest BCUT2D eigenvalue weighted by Gasteiger charge is 2.64. The number of carbonyl (C=O) groups excluding carboxylic acids is 3. The van der Waals surface area contributed by atoms with E-state index >= 15 is 0 Å². The number of rotatable bonds is 10. The van der Waals surface area contributed by atoms with Crippen molar-refractivity contribution in [3.8, 4) is 0 Å². The van der Waals surface area contributed by atoms with Crippen LogP contribution in [0.5, 0.6) is 0 Å². The lowest BCUT2D eigenvalue weighted by molar-refractivity contribution is -0.191. The van der Waals surface area contributed by atoms with Crippen LogP contribution in [0.25, 0.3) is 0 Å². The predicted octanol–water partition coefficient (Wildman–Crippen LogP) is 7.72. The molecule has 1 heterocycles. The number of nitrogens with one attached hydrogen (secondary N) is 1. The van der Waals surface area contributed by atoms with Gasteiger partial charge in [0.05, 0.1) is 22.7 Å². The van der Waals surface area contributed by atoms with E-state index in [0.717, 1.165) is 42.3 Å². The first-order valence-electron chi connectivity index (χ1n) is 16.3. The quantitative estimate of drug-likeness (QED) is 0.245. The molecular formula is C34H48BrNO6S. The zero-order valence-electron chi connectivity index (χ0n) is 26.0. The second-order valence-corrected chi connectivity index (χ2v) is 17.0. The summed E-state index contributed by atoms with van der Waals surface area (Å²) in [5.41, 5.74) is 0.0997. The number of Topliss-reactive ketones (excluding diaryl/α,β-unsaturated/α-hetero) is 1. The van der Waals surface area contributed by atoms with E-state index in [0.29, 0.717) is 49.2 Å². The van der Waals surface area contributed by atoms with Gasteiger partial charge in [-0.2, -0.15) is 0 Å². The monoisotopic (exact) mass is 677 g/mol. The lowest BCUT2D eigenvalue weighted by Gasteiger charge is -2.62. The highest BCUT2D eigenvalue weighted by atomic mass is 79.9. The number of fused-ring (bicyclic) bond motifs is 5. The summed E-state index contributed by atoms with van der Waals surface area (Å²) < 4.78 is 7.24. The van der Waals surface area contributed by atoms with Gasteiger partial charge in [-0.3, -0.25) is 19.2 Å². The summed E-state index contributed by atoms with van der Waals surface area (Å²) in [4.78, 5) is 51.0. The van der Waals surface area contributed by atoms with E-state index in [-0.39, 0.29) is 59.5 Å². The molecular weight excluding hydrogens is 630 g/mol. The smallest absolute Gasteiger partial charge is 0.306 e. The molecule has 238 valence electrons. The Morgan fingerprint density at radius 1 is 1.12 bits per heavy atom. The lowest BCUT2D eigenvalue weighted by Crippen LogP contribution is -2.59. The number of halogens is 1. The molecule has 10 atom stereocenters. The standard InChI is InChI=1S/C34H48BrNO6S/c1-5-25(27-8-9-28(35)43-27)36-29(38)16-19(2)22-6-7-23-32-24(13-15-34(22,23)4)33(3)14-12-21(37)17-20(33)18-26(32)42-31(41)11-10-30(39)40/h8-9,19-20,22-26,32H,5-7,10-18H2,1-4H3,(H,36,38)(H,39,40)/t19-,20+,22?,23+,24+,25-,26-,32+,33+,34-/m1/s1. The summed E-state index contributed by atoms with van der Waals surface area (Å²) >= 11 is 5.20. The molecule has 0 spiro atoms. The van der Waals surface area contributed by atoms with Crippen molar-refractivity contribution < 1.29 is 29.0 Å². The molecule has 4 fully saturated rings. The number of hydrogen-bond donors (Lipinski definition) is 2. The zero-order valence-corrected chi connectivity index (χ0v) is 28.4. The van der Waals surface area contributed by atoms with Gasteiger partial charge in [-0.25, -0.2) is 0 Å². The van der Waals surface area contributed by atoms with Crippen LogP contribution in [0.3, 0.4) is 0 Å². The zero-order chi connectivity index (χ0) is 31.1. The Kier molecular flexibility index (Phi) is 9.82. The highest BCUT2D eigenvalue weighted by Crippen LogP contribution is 2.68. The van der Waals surface area contributed by atoms with Crippen molar-refractivity contribution in [1.82, 2.24) is 5.32 Å². The van der Waals surface area contributed by atoms with Crippen LogP contribution in [0.15, 0.2) is 15.9 Å². The fourth-order valence-electron chi connectivity index (χ4n) is 10.1. The Morgan fingerprint density at radius 2 is 1.86 bits per heavy atom. The number of carboxylic acids is 1. The van der Waals surface area contributed by atoms with E-state index in [9.17, 15) is 19.2 Å². The fourth-order valence-corrected chi connectivity index (χ4v) is 11.7. The molecule has 2 N–H and O–H groups in total. The van der Waals surface area contributed by atoms with Gasteiger partial charge < -0.3 is 15.2 Å². The number of esters is 1. The number of aliphatic carboxylic acids is 1. The number of thiophene rings is 1. The largest absolute Gasteiger partial charge is 0.481 e. The maximum absolute atomic E-state index is 13.3. The van der Waals surface area contributed by atoms with Crippen LogP contribution in [0.2, 0.25) is 0 Å². The molecule has 9 heteroatoms. The van der Waals surface area contributed by atoms with Crippen LogP contribution >= 0.6 is 27.3 Å². The van der Waals surface area contributed by atoms with Crippen LogP contribution < -0.4 is 5.32 Å². The molecule has 0 saturated heterocycles. The number of carbonyl (C=O) groups is 4. The summed E-state index contributed by atoms with van der Waals surface area (Å²) in [6.45, 7) is 9.13. The van der Waals surface area contributed by atoms with Gasteiger partial charge in [-0.1, -0.05) is 27.7 Å². The third-order valence-corrected chi connectivity index (χ3v) is 14.0. The molecule has 1 unspecified atom stereocenters. The molecule has 7 nitrogen and oxygen atoms in total. The minimum atomic E-state index is -1.00. The molecule has 4 aliphatic rings. The number of carboxylic acid groups (broad SMARTS) is 1. The normalized spacial score (nSPS) is 36.5. The minimum absolute atomic E-state index is 0.0215. The molecule has 0 bridgehead atoms. The molecule has 1 aromatic rings. The van der Waals surface area contributed by atoms with Crippen molar-refractivity contribution in [3.05, 3.63) is 20.8 Å². The lowest BCUT2D eigenvalue weighted by atomic mass is 9.43. The minimum Gasteiger partial charge on any atom is -0.481 e. The highest BCUT2D eigenvalue weighted by molar-refractivity contribution is 9.11. The van der Waals surface area contributed by atoms with Crippen LogP contribution in [-0.2, 0) is 23.9 Å². The average Bonchev–Trinajstić information content (AvgIpc) is 3.54. The van der Waals surface area contributed by atoms with Gasteiger partial charge in [0, 0.05) is 30.1 Å². The first-order chi connectivity index (χ1) is 20.4. The van der Waals surface area contributed by atoms with Crippen molar-refractivity contribution in [2.24, 2.45) is 46.3 Å². The summed E-state index contributed by atoms with van der Waals surface area (Å²) in [6.07, 6.45) is 7.74. The summed E-state index contributed by atoms with van der Waals surface area (Å²) in [6, 6.07) is 4.13. The third kappa shape index (κ3) is 6.49. The van der Waals surface area contributed by atoms with E-state index in [4.69, 9.17) is 9.84 Å².